The fraction of sp³-hybridized carbons (Fsp3) is 0.227. The van der Waals surface area contributed by atoms with E-state index in [2.05, 4.69) is 16.9 Å². The maximum absolute atomic E-state index is 13.4. The molecule has 0 bridgehead atoms. The van der Waals surface area contributed by atoms with E-state index in [0.717, 1.165) is 11.1 Å². The lowest BCUT2D eigenvalue weighted by Gasteiger charge is -2.14. The average Bonchev–Trinajstić information content (AvgIpc) is 2.71. The topological polar surface area (TPSA) is 69.5 Å². The molecule has 2 aromatic carbocycles. The van der Waals surface area contributed by atoms with Crippen LogP contribution in [0.3, 0.4) is 0 Å². The highest BCUT2D eigenvalue weighted by Gasteiger charge is 2.22. The molecule has 6 nitrogen and oxygen atoms in total. The molecule has 0 fully saturated rings. The molecule has 7 heteroatoms. The summed E-state index contributed by atoms with van der Waals surface area (Å²) in [5.41, 5.74) is 3.82. The molecule has 29 heavy (non-hydrogen) atoms. The van der Waals surface area contributed by atoms with Gasteiger partial charge in [-0.2, -0.15) is 0 Å². The van der Waals surface area contributed by atoms with Crippen LogP contribution in [0.5, 0.6) is 0 Å². The second-order valence-electron chi connectivity index (χ2n) is 6.19. The first kappa shape index (κ1) is 21.8. The molecule has 0 N–H and O–H groups in total. The van der Waals surface area contributed by atoms with Crippen molar-refractivity contribution >= 4 is 23.0 Å². The van der Waals surface area contributed by atoms with E-state index >= 15 is 0 Å². The van der Waals surface area contributed by atoms with Gasteiger partial charge in [0.2, 0.25) is 0 Å². The molecular weight excluding hydrogens is 375 g/mol. The Morgan fingerprint density at radius 3 is 2.38 bits per heavy atom. The number of halogens is 1. The number of nitrogens with zero attached hydrogens (tertiary/aromatic N) is 2. The minimum Gasteiger partial charge on any atom is -0.464 e. The third-order valence-corrected chi connectivity index (χ3v) is 4.11. The first-order valence-corrected chi connectivity index (χ1v) is 8.79. The lowest BCUT2D eigenvalue weighted by Crippen LogP contribution is -2.20. The summed E-state index contributed by atoms with van der Waals surface area (Å²) in [4.78, 5) is 22.5. The van der Waals surface area contributed by atoms with Gasteiger partial charge in [0.15, 0.2) is 5.71 Å². The van der Waals surface area contributed by atoms with Gasteiger partial charge < -0.3 is 14.4 Å². The lowest BCUT2D eigenvalue weighted by molar-refractivity contribution is -0.132. The maximum Gasteiger partial charge on any atom is 0.360 e. The van der Waals surface area contributed by atoms with Crippen LogP contribution in [-0.4, -0.2) is 31.6 Å². The van der Waals surface area contributed by atoms with Crippen LogP contribution in [-0.2, 0) is 25.8 Å². The van der Waals surface area contributed by atoms with Crippen LogP contribution in [0.25, 0.3) is 5.57 Å². The van der Waals surface area contributed by atoms with Crippen molar-refractivity contribution in [2.45, 2.75) is 20.5 Å². The average molecular weight is 398 g/mol. The van der Waals surface area contributed by atoms with Crippen LogP contribution in [0.1, 0.15) is 36.1 Å². The molecule has 0 spiro atoms. The summed E-state index contributed by atoms with van der Waals surface area (Å²) in [6, 6.07) is 11.4. The number of rotatable bonds is 8. The van der Waals surface area contributed by atoms with E-state index < -0.39 is 5.97 Å². The van der Waals surface area contributed by atoms with Gasteiger partial charge in [-0.15, -0.1) is 0 Å². The molecule has 2 aromatic rings. The van der Waals surface area contributed by atoms with Crippen molar-refractivity contribution in [2.24, 2.45) is 10.3 Å². The molecule has 2 rings (SSSR count). The van der Waals surface area contributed by atoms with Gasteiger partial charge in [-0.05, 0) is 31.5 Å². The van der Waals surface area contributed by atoms with Gasteiger partial charge in [-0.1, -0.05) is 52.8 Å². The number of carbonyl (C=O) groups is 1. The Morgan fingerprint density at radius 2 is 1.76 bits per heavy atom. The summed E-state index contributed by atoms with van der Waals surface area (Å²) in [5.74, 6) is -1.00. The molecular formula is C22H23FN2O4. The van der Waals surface area contributed by atoms with Crippen LogP contribution in [0, 0.1) is 5.82 Å². The summed E-state index contributed by atoms with van der Waals surface area (Å²) >= 11 is 0. The van der Waals surface area contributed by atoms with Crippen molar-refractivity contribution in [3.05, 3.63) is 77.1 Å². The van der Waals surface area contributed by atoms with Gasteiger partial charge >= 0.3 is 5.97 Å². The Labute approximate surface area is 169 Å². The first-order chi connectivity index (χ1) is 13.9. The fourth-order valence-electron chi connectivity index (χ4n) is 2.71. The van der Waals surface area contributed by atoms with Crippen LogP contribution < -0.4 is 0 Å². The highest BCUT2D eigenvalue weighted by Crippen LogP contribution is 2.24. The second kappa shape index (κ2) is 10.2. The van der Waals surface area contributed by atoms with Crippen LogP contribution >= 0.6 is 0 Å². The Morgan fingerprint density at radius 1 is 1.07 bits per heavy atom. The van der Waals surface area contributed by atoms with E-state index in [9.17, 15) is 9.18 Å². The number of oxime groups is 2. The quantitative estimate of drug-likeness (QED) is 0.377. The lowest BCUT2D eigenvalue weighted by atomic mass is 9.94. The SMILES string of the molecule is C=C(C)c1cccc(/C(=N\OC)C(=O)OC)c1CO/N=C(\C)c1cccc(F)c1. The van der Waals surface area contributed by atoms with Crippen molar-refractivity contribution < 1.29 is 23.6 Å². The number of esters is 1. The normalized spacial score (nSPS) is 11.8. The fourth-order valence-corrected chi connectivity index (χ4v) is 2.71. The Balaban J connectivity index is 2.40. The van der Waals surface area contributed by atoms with Crippen LogP contribution in [0.2, 0.25) is 0 Å². The number of hydrogen-bond acceptors (Lipinski definition) is 6. The molecule has 0 saturated carbocycles. The minimum absolute atomic E-state index is 0.00234. The van der Waals surface area contributed by atoms with Gasteiger partial charge in [0.05, 0.1) is 12.8 Å². The molecule has 0 atom stereocenters. The van der Waals surface area contributed by atoms with Gasteiger partial charge in [-0.3, -0.25) is 0 Å². The molecule has 0 aromatic heterocycles. The predicted octanol–water partition coefficient (Wildman–Crippen LogP) is 4.32. The highest BCUT2D eigenvalue weighted by atomic mass is 19.1. The number of allylic oxidation sites excluding steroid dienone is 1. The zero-order chi connectivity index (χ0) is 21.4. The van der Waals surface area contributed by atoms with Crippen molar-refractivity contribution in [1.82, 2.24) is 0 Å². The Hall–Kier alpha value is -3.48. The van der Waals surface area contributed by atoms with Gasteiger partial charge in [-0.25, -0.2) is 9.18 Å². The summed E-state index contributed by atoms with van der Waals surface area (Å²) in [6.07, 6.45) is 0. The number of benzene rings is 2. The third kappa shape index (κ3) is 5.51. The van der Waals surface area contributed by atoms with E-state index in [1.807, 2.05) is 13.0 Å². The molecule has 0 heterocycles. The molecule has 0 radical (unpaired) electrons. The van der Waals surface area contributed by atoms with Gasteiger partial charge in [0.25, 0.3) is 0 Å². The zero-order valence-electron chi connectivity index (χ0n) is 16.9. The number of ether oxygens (including phenoxy) is 1. The van der Waals surface area contributed by atoms with Gasteiger partial charge in [0, 0.05) is 16.7 Å². The Kier molecular flexibility index (Phi) is 7.65. The van der Waals surface area contributed by atoms with E-state index in [4.69, 9.17) is 14.4 Å². The second-order valence-corrected chi connectivity index (χ2v) is 6.19. The van der Waals surface area contributed by atoms with E-state index in [0.29, 0.717) is 22.4 Å². The number of hydrogen-bond donors (Lipinski definition) is 0. The molecule has 0 aliphatic heterocycles. The highest BCUT2D eigenvalue weighted by molar-refractivity contribution is 6.43. The third-order valence-electron chi connectivity index (χ3n) is 4.11. The van der Waals surface area contributed by atoms with Crippen LogP contribution in [0.15, 0.2) is 59.4 Å². The monoisotopic (exact) mass is 398 g/mol. The van der Waals surface area contributed by atoms with Gasteiger partial charge in [0.1, 0.15) is 19.5 Å². The minimum atomic E-state index is -0.647. The molecule has 0 saturated heterocycles. The summed E-state index contributed by atoms with van der Waals surface area (Å²) in [7, 11) is 2.60. The maximum atomic E-state index is 13.4. The summed E-state index contributed by atoms with van der Waals surface area (Å²) in [5, 5.41) is 7.88. The molecule has 0 aliphatic rings. The standard InChI is InChI=1S/C22H23FN2O4/c1-14(2)18-10-7-11-19(21(25-28-5)22(26)27-4)20(18)13-29-24-15(3)16-8-6-9-17(23)12-16/h6-12H,1,13H2,2-5H3/b24-15+,25-21+. The van der Waals surface area contributed by atoms with E-state index in [-0.39, 0.29) is 18.1 Å². The van der Waals surface area contributed by atoms with E-state index in [1.54, 1.807) is 31.2 Å². The van der Waals surface area contributed by atoms with Crippen molar-refractivity contribution in [3.8, 4) is 0 Å². The summed E-state index contributed by atoms with van der Waals surface area (Å²) in [6.45, 7) is 7.57. The van der Waals surface area contributed by atoms with Crippen LogP contribution in [0.4, 0.5) is 4.39 Å². The van der Waals surface area contributed by atoms with Crippen molar-refractivity contribution in [1.29, 1.82) is 0 Å². The molecule has 0 unspecified atom stereocenters. The van der Waals surface area contributed by atoms with E-state index in [1.165, 1.54) is 26.4 Å². The largest absolute Gasteiger partial charge is 0.464 e. The molecule has 0 amide bonds. The smallest absolute Gasteiger partial charge is 0.360 e. The molecule has 0 aliphatic carbocycles. The number of methoxy groups -OCH3 is 1. The zero-order valence-corrected chi connectivity index (χ0v) is 16.9. The number of carbonyl (C=O) groups excluding carboxylic acids is 1. The Bertz CT molecular complexity index is 967. The first-order valence-electron chi connectivity index (χ1n) is 8.79. The van der Waals surface area contributed by atoms with Crippen molar-refractivity contribution in [3.63, 3.8) is 0 Å². The van der Waals surface area contributed by atoms with Crippen molar-refractivity contribution in [2.75, 3.05) is 14.2 Å². The molecule has 152 valence electrons. The predicted molar refractivity (Wildman–Crippen MR) is 110 cm³/mol. The summed E-state index contributed by atoms with van der Waals surface area (Å²) < 4.78 is 18.2.